The summed E-state index contributed by atoms with van der Waals surface area (Å²) in [6, 6.07) is 7.55. The molecular formula is C11H19N5O2S. The van der Waals surface area contributed by atoms with Gasteiger partial charge in [0.25, 0.3) is 10.2 Å². The van der Waals surface area contributed by atoms with E-state index in [2.05, 4.69) is 35.5 Å². The van der Waals surface area contributed by atoms with Gasteiger partial charge in [-0.3, -0.25) is 0 Å². The van der Waals surface area contributed by atoms with E-state index in [1.54, 1.807) is 6.07 Å². The lowest BCUT2D eigenvalue weighted by atomic mass is 10.1. The second-order valence-corrected chi connectivity index (χ2v) is 5.42. The van der Waals surface area contributed by atoms with E-state index in [1.807, 2.05) is 12.1 Å². The Bertz CT molecular complexity index is 541. The Morgan fingerprint density at radius 3 is 2.32 bits per heavy atom. The quantitative estimate of drug-likeness (QED) is 0.591. The van der Waals surface area contributed by atoms with Crippen molar-refractivity contribution in [3.8, 4) is 6.07 Å². The second-order valence-electron chi connectivity index (χ2n) is 4.25. The molecule has 1 aromatic carbocycles. The first-order valence-corrected chi connectivity index (χ1v) is 7.09. The molecule has 0 aliphatic carbocycles. The van der Waals surface area contributed by atoms with Gasteiger partial charge in [-0.25, -0.2) is 10.3 Å². The summed E-state index contributed by atoms with van der Waals surface area (Å²) in [7, 11) is -3.67. The van der Waals surface area contributed by atoms with Crippen LogP contribution in [0.5, 0.6) is 0 Å². The van der Waals surface area contributed by atoms with E-state index in [9.17, 15) is 8.42 Å². The number of benzene rings is 1. The van der Waals surface area contributed by atoms with E-state index in [4.69, 9.17) is 11.0 Å². The van der Waals surface area contributed by atoms with E-state index in [-0.39, 0.29) is 0 Å². The standard InChI is InChI=1S/C11H15N3.H4N2O2S/c1-8(2)7-14-11-5-3-4-10(13)9(11)6-12;1-5(2,3)4/h3-5,8,14H,7,13H2,1-2H3;(H4,1,2,3,4). The van der Waals surface area contributed by atoms with Crippen molar-refractivity contribution in [3.05, 3.63) is 23.8 Å². The Labute approximate surface area is 113 Å². The molecule has 0 aliphatic heterocycles. The molecule has 0 aliphatic rings. The van der Waals surface area contributed by atoms with Crippen molar-refractivity contribution in [1.29, 1.82) is 5.26 Å². The third-order valence-corrected chi connectivity index (χ3v) is 1.91. The molecule has 0 atom stereocenters. The van der Waals surface area contributed by atoms with E-state index in [1.165, 1.54) is 0 Å². The largest absolute Gasteiger partial charge is 0.398 e. The van der Waals surface area contributed by atoms with Gasteiger partial charge in [0.15, 0.2) is 0 Å². The first-order valence-electron chi connectivity index (χ1n) is 5.48. The zero-order valence-corrected chi connectivity index (χ0v) is 11.7. The number of nitrogens with zero attached hydrogens (tertiary/aromatic N) is 1. The predicted molar refractivity (Wildman–Crippen MR) is 76.2 cm³/mol. The van der Waals surface area contributed by atoms with Crippen LogP contribution in [0.25, 0.3) is 0 Å². The molecule has 0 fully saturated rings. The summed E-state index contributed by atoms with van der Waals surface area (Å²) < 4.78 is 18.4. The van der Waals surface area contributed by atoms with Crippen molar-refractivity contribution < 1.29 is 8.42 Å². The molecule has 0 saturated heterocycles. The lowest BCUT2D eigenvalue weighted by Crippen LogP contribution is -2.21. The van der Waals surface area contributed by atoms with Crippen LogP contribution in [0, 0.1) is 17.2 Å². The van der Waals surface area contributed by atoms with Crippen molar-refractivity contribution >= 4 is 21.6 Å². The number of nitrogens with one attached hydrogen (secondary N) is 1. The number of hydrogen-bond acceptors (Lipinski definition) is 5. The van der Waals surface area contributed by atoms with Gasteiger partial charge < -0.3 is 11.1 Å². The van der Waals surface area contributed by atoms with Crippen molar-refractivity contribution in [1.82, 2.24) is 0 Å². The molecule has 106 valence electrons. The van der Waals surface area contributed by atoms with Crippen LogP contribution in [0.2, 0.25) is 0 Å². The van der Waals surface area contributed by atoms with Gasteiger partial charge in [-0.1, -0.05) is 19.9 Å². The number of hydrogen-bond donors (Lipinski definition) is 4. The van der Waals surface area contributed by atoms with Crippen LogP contribution >= 0.6 is 0 Å². The van der Waals surface area contributed by atoms with Gasteiger partial charge in [0.2, 0.25) is 0 Å². The minimum Gasteiger partial charge on any atom is -0.398 e. The van der Waals surface area contributed by atoms with Crippen molar-refractivity contribution in [3.63, 3.8) is 0 Å². The van der Waals surface area contributed by atoms with Gasteiger partial charge in [-0.15, -0.1) is 0 Å². The summed E-state index contributed by atoms with van der Waals surface area (Å²) >= 11 is 0. The van der Waals surface area contributed by atoms with Crippen LogP contribution in [0.4, 0.5) is 11.4 Å². The highest BCUT2D eigenvalue weighted by molar-refractivity contribution is 7.86. The summed E-state index contributed by atoms with van der Waals surface area (Å²) in [5.74, 6) is 0.544. The zero-order valence-electron chi connectivity index (χ0n) is 10.9. The highest BCUT2D eigenvalue weighted by atomic mass is 32.2. The maximum atomic E-state index is 9.19. The maximum Gasteiger partial charge on any atom is 0.271 e. The van der Waals surface area contributed by atoms with Gasteiger partial charge in [0, 0.05) is 6.54 Å². The first kappa shape index (κ1) is 17.2. The highest BCUT2D eigenvalue weighted by Crippen LogP contribution is 2.20. The number of nitriles is 1. The molecular weight excluding hydrogens is 266 g/mol. The molecule has 1 rings (SSSR count). The van der Waals surface area contributed by atoms with Gasteiger partial charge in [0.05, 0.1) is 16.9 Å². The molecule has 0 heterocycles. The first-order chi connectivity index (χ1) is 8.65. The average molecular weight is 285 g/mol. The van der Waals surface area contributed by atoms with E-state index in [0.717, 1.165) is 12.2 Å². The van der Waals surface area contributed by atoms with Crippen LogP contribution in [0.1, 0.15) is 19.4 Å². The van der Waals surface area contributed by atoms with Gasteiger partial charge in [0.1, 0.15) is 6.07 Å². The molecule has 8 heteroatoms. The summed E-state index contributed by atoms with van der Waals surface area (Å²) in [5.41, 5.74) is 7.56. The zero-order chi connectivity index (χ0) is 15.1. The molecule has 0 saturated carbocycles. The van der Waals surface area contributed by atoms with Crippen LogP contribution in [-0.4, -0.2) is 15.0 Å². The topological polar surface area (TPSA) is 148 Å². The van der Waals surface area contributed by atoms with Crippen molar-refractivity contribution in [2.75, 3.05) is 17.6 Å². The molecule has 0 amide bonds. The summed E-state index contributed by atoms with van der Waals surface area (Å²) in [6.45, 7) is 5.08. The van der Waals surface area contributed by atoms with Crippen LogP contribution < -0.4 is 21.3 Å². The Morgan fingerprint density at radius 1 is 1.37 bits per heavy atom. The Balaban J connectivity index is 0.000000555. The lowest BCUT2D eigenvalue weighted by molar-refractivity contribution is 0.599. The molecule has 7 N–H and O–H groups in total. The molecule has 7 nitrogen and oxygen atoms in total. The number of nitrogens with two attached hydrogens (primary N) is 3. The number of rotatable bonds is 3. The van der Waals surface area contributed by atoms with Gasteiger partial charge in [-0.2, -0.15) is 13.7 Å². The van der Waals surface area contributed by atoms with Crippen molar-refractivity contribution in [2.45, 2.75) is 13.8 Å². The van der Waals surface area contributed by atoms with E-state index >= 15 is 0 Å². The number of anilines is 2. The smallest absolute Gasteiger partial charge is 0.271 e. The fourth-order valence-corrected chi connectivity index (χ4v) is 1.16. The second kappa shape index (κ2) is 7.58. The molecule has 0 radical (unpaired) electrons. The minimum atomic E-state index is -3.67. The monoisotopic (exact) mass is 285 g/mol. The third kappa shape index (κ3) is 8.84. The Morgan fingerprint density at radius 2 is 1.89 bits per heavy atom. The van der Waals surface area contributed by atoms with Crippen LogP contribution in [0.3, 0.4) is 0 Å². The molecule has 0 spiro atoms. The molecule has 0 aromatic heterocycles. The summed E-state index contributed by atoms with van der Waals surface area (Å²) in [5, 5.41) is 20.3. The molecule has 19 heavy (non-hydrogen) atoms. The molecule has 0 unspecified atom stereocenters. The van der Waals surface area contributed by atoms with Gasteiger partial charge >= 0.3 is 0 Å². The number of nitrogen functional groups attached to an aromatic ring is 1. The van der Waals surface area contributed by atoms with E-state index in [0.29, 0.717) is 17.2 Å². The summed E-state index contributed by atoms with van der Waals surface area (Å²) in [4.78, 5) is 0. The Hall–Kier alpha value is -1.82. The third-order valence-electron chi connectivity index (χ3n) is 1.91. The fraction of sp³-hybridized carbons (Fsp3) is 0.364. The lowest BCUT2D eigenvalue weighted by Gasteiger charge is -2.11. The van der Waals surface area contributed by atoms with Crippen LogP contribution in [0.15, 0.2) is 18.2 Å². The molecule has 0 bridgehead atoms. The van der Waals surface area contributed by atoms with Crippen LogP contribution in [-0.2, 0) is 10.2 Å². The fourth-order valence-electron chi connectivity index (χ4n) is 1.16. The SMILES string of the molecule is CC(C)CNc1cccc(N)c1C#N.NS(N)(=O)=O. The normalized spacial score (nSPS) is 10.3. The predicted octanol–water partition coefficient (Wildman–Crippen LogP) is 0.357. The molecule has 1 aromatic rings. The van der Waals surface area contributed by atoms with E-state index < -0.39 is 10.2 Å². The Kier molecular flexibility index (Phi) is 6.85. The minimum absolute atomic E-state index is 0.529. The van der Waals surface area contributed by atoms with Crippen molar-refractivity contribution in [2.24, 2.45) is 16.2 Å². The highest BCUT2D eigenvalue weighted by Gasteiger charge is 2.04. The summed E-state index contributed by atoms with van der Waals surface area (Å²) in [6.07, 6.45) is 0. The van der Waals surface area contributed by atoms with Gasteiger partial charge in [-0.05, 0) is 18.1 Å². The average Bonchev–Trinajstić information content (AvgIpc) is 2.24. The maximum absolute atomic E-state index is 9.19.